The first-order valence-corrected chi connectivity index (χ1v) is 12.4. The Balaban J connectivity index is 1.34. The average molecular weight is 472 g/mol. The summed E-state index contributed by atoms with van der Waals surface area (Å²) in [7, 11) is 0. The molecule has 34 heavy (non-hydrogen) atoms. The smallest absolute Gasteiger partial charge is 0.255 e. The first-order chi connectivity index (χ1) is 16.6. The number of pyridine rings is 1. The van der Waals surface area contributed by atoms with Gasteiger partial charge in [0.05, 0.1) is 16.8 Å². The third kappa shape index (κ3) is 3.88. The molecule has 6 heteroatoms. The third-order valence-electron chi connectivity index (χ3n) is 7.17. The quantitative estimate of drug-likeness (QED) is 0.536. The van der Waals surface area contributed by atoms with Crippen LogP contribution in [0.25, 0.3) is 22.6 Å². The van der Waals surface area contributed by atoms with E-state index in [1.165, 1.54) is 0 Å². The van der Waals surface area contributed by atoms with Crippen molar-refractivity contribution in [2.24, 2.45) is 5.92 Å². The molecule has 2 aromatic carbocycles. The molecule has 2 amide bonds. The van der Waals surface area contributed by atoms with Crippen LogP contribution >= 0.6 is 11.6 Å². The number of benzene rings is 2. The highest BCUT2D eigenvalue weighted by atomic mass is 35.5. The summed E-state index contributed by atoms with van der Waals surface area (Å²) < 4.78 is 0. The number of hydrogen-bond acceptors (Lipinski definition) is 3. The molecule has 0 bridgehead atoms. The normalized spacial score (nSPS) is 19.0. The molecule has 1 saturated carbocycles. The topological polar surface area (TPSA) is 53.5 Å². The number of para-hydroxylation sites is 1. The van der Waals surface area contributed by atoms with E-state index in [1.807, 2.05) is 58.3 Å². The maximum absolute atomic E-state index is 13.9. The van der Waals surface area contributed by atoms with Crippen molar-refractivity contribution < 1.29 is 9.59 Å². The maximum atomic E-state index is 13.9. The largest absolute Gasteiger partial charge is 0.339 e. The Morgan fingerprint density at radius 1 is 0.912 bits per heavy atom. The van der Waals surface area contributed by atoms with Crippen molar-refractivity contribution in [1.29, 1.82) is 0 Å². The number of hydrogen-bond donors (Lipinski definition) is 0. The van der Waals surface area contributed by atoms with Gasteiger partial charge < -0.3 is 9.80 Å². The molecule has 5 nitrogen and oxygen atoms in total. The Morgan fingerprint density at radius 2 is 1.62 bits per heavy atom. The molecule has 1 aliphatic heterocycles. The van der Waals surface area contributed by atoms with Crippen LogP contribution in [0, 0.1) is 5.92 Å². The number of piperazine rings is 1. The van der Waals surface area contributed by atoms with Crippen molar-refractivity contribution in [3.05, 3.63) is 75.9 Å². The molecule has 2 aliphatic carbocycles. The van der Waals surface area contributed by atoms with Crippen molar-refractivity contribution in [2.75, 3.05) is 26.2 Å². The highest BCUT2D eigenvalue weighted by Gasteiger charge is 2.36. The van der Waals surface area contributed by atoms with Gasteiger partial charge in [-0.15, -0.1) is 0 Å². The van der Waals surface area contributed by atoms with E-state index in [1.54, 1.807) is 0 Å². The molecule has 0 atom stereocenters. The Kier molecular flexibility index (Phi) is 5.37. The molecule has 1 saturated heterocycles. The number of allylic oxidation sites excluding steroid dienone is 1. The highest BCUT2D eigenvalue weighted by molar-refractivity contribution is 6.30. The van der Waals surface area contributed by atoms with Crippen LogP contribution in [0.3, 0.4) is 0 Å². The van der Waals surface area contributed by atoms with Crippen molar-refractivity contribution >= 4 is 46.0 Å². The van der Waals surface area contributed by atoms with E-state index in [9.17, 15) is 9.59 Å². The summed E-state index contributed by atoms with van der Waals surface area (Å²) in [5.41, 5.74) is 5.82. The van der Waals surface area contributed by atoms with Crippen LogP contribution in [0.4, 0.5) is 0 Å². The van der Waals surface area contributed by atoms with E-state index in [0.29, 0.717) is 31.2 Å². The monoisotopic (exact) mass is 471 g/mol. The lowest BCUT2D eigenvalue weighted by Gasteiger charge is -2.35. The molecule has 6 rings (SSSR count). The van der Waals surface area contributed by atoms with Gasteiger partial charge in [-0.05, 0) is 66.7 Å². The van der Waals surface area contributed by atoms with Crippen LogP contribution in [-0.4, -0.2) is 52.8 Å². The third-order valence-corrected chi connectivity index (χ3v) is 7.42. The summed E-state index contributed by atoms with van der Waals surface area (Å²) in [5, 5.41) is 1.63. The molecular weight excluding hydrogens is 446 g/mol. The predicted molar refractivity (Wildman–Crippen MR) is 135 cm³/mol. The van der Waals surface area contributed by atoms with Crippen LogP contribution in [0.15, 0.2) is 48.5 Å². The fourth-order valence-electron chi connectivity index (χ4n) is 5.16. The number of rotatable bonds is 3. The van der Waals surface area contributed by atoms with Crippen molar-refractivity contribution in [1.82, 2.24) is 14.8 Å². The van der Waals surface area contributed by atoms with Crippen molar-refractivity contribution in [3.8, 4) is 0 Å². The molecule has 172 valence electrons. The molecule has 3 aromatic rings. The lowest BCUT2D eigenvalue weighted by Crippen LogP contribution is -2.51. The summed E-state index contributed by atoms with van der Waals surface area (Å²) in [5.74, 6) is 0.543. The molecular formula is C28H26ClN3O2. The van der Waals surface area contributed by atoms with Gasteiger partial charge in [0.1, 0.15) is 0 Å². The summed E-state index contributed by atoms with van der Waals surface area (Å²) in [6, 6.07) is 15.7. The lowest BCUT2D eigenvalue weighted by atomic mass is 9.99. The summed E-state index contributed by atoms with van der Waals surface area (Å²) in [4.78, 5) is 35.1. The Bertz CT molecular complexity index is 1320. The zero-order valence-electron chi connectivity index (χ0n) is 19.0. The second-order valence-electron chi connectivity index (χ2n) is 9.44. The van der Waals surface area contributed by atoms with Crippen LogP contribution in [0.1, 0.15) is 46.4 Å². The summed E-state index contributed by atoms with van der Waals surface area (Å²) >= 11 is 6.05. The standard InChI is InChI=1S/C28H26ClN3O2/c29-21-10-5-18(6-11-21)17-20-9-12-23-25(22-3-1-2-4-24(22)30-26(20)23)28(34)32-15-13-31(14-16-32)27(33)19-7-8-19/h1-6,10-11,17,19H,7-9,12-16H2/b20-17+. The Morgan fingerprint density at radius 3 is 2.35 bits per heavy atom. The number of carbonyl (C=O) groups excluding carboxylic acids is 2. The fraction of sp³-hybridized carbons (Fsp3) is 0.321. The predicted octanol–water partition coefficient (Wildman–Crippen LogP) is 5.07. The molecule has 0 unspecified atom stereocenters. The minimum atomic E-state index is 0.0566. The maximum Gasteiger partial charge on any atom is 0.255 e. The number of amides is 2. The van der Waals surface area contributed by atoms with Gasteiger partial charge in [-0.1, -0.05) is 41.9 Å². The zero-order chi connectivity index (χ0) is 23.2. The van der Waals surface area contributed by atoms with E-state index < -0.39 is 0 Å². The number of carbonyl (C=O) groups is 2. The highest BCUT2D eigenvalue weighted by Crippen LogP contribution is 2.38. The first-order valence-electron chi connectivity index (χ1n) is 12.0. The minimum Gasteiger partial charge on any atom is -0.339 e. The van der Waals surface area contributed by atoms with E-state index in [4.69, 9.17) is 16.6 Å². The molecule has 3 aliphatic rings. The van der Waals surface area contributed by atoms with E-state index in [0.717, 1.165) is 64.5 Å². The number of aromatic nitrogens is 1. The van der Waals surface area contributed by atoms with Crippen molar-refractivity contribution in [2.45, 2.75) is 25.7 Å². The van der Waals surface area contributed by atoms with Gasteiger partial charge in [-0.25, -0.2) is 4.98 Å². The van der Waals surface area contributed by atoms with Crippen LogP contribution < -0.4 is 0 Å². The Hall–Kier alpha value is -3.18. The van der Waals surface area contributed by atoms with E-state index >= 15 is 0 Å². The number of nitrogens with zero attached hydrogens (tertiary/aromatic N) is 3. The molecule has 0 N–H and O–H groups in total. The van der Waals surface area contributed by atoms with Gasteiger partial charge in [0.2, 0.25) is 5.91 Å². The minimum absolute atomic E-state index is 0.0566. The van der Waals surface area contributed by atoms with Gasteiger partial charge >= 0.3 is 0 Å². The Labute approximate surface area is 204 Å². The summed E-state index contributed by atoms with van der Waals surface area (Å²) in [6.45, 7) is 2.40. The van der Waals surface area contributed by atoms with Crippen LogP contribution in [-0.2, 0) is 11.2 Å². The van der Waals surface area contributed by atoms with E-state index in [2.05, 4.69) is 6.08 Å². The second-order valence-corrected chi connectivity index (χ2v) is 9.88. The number of fused-ring (bicyclic) bond motifs is 2. The van der Waals surface area contributed by atoms with Gasteiger partial charge in [0.25, 0.3) is 5.91 Å². The van der Waals surface area contributed by atoms with Crippen molar-refractivity contribution in [3.63, 3.8) is 0 Å². The molecule has 2 fully saturated rings. The first kappa shape index (κ1) is 21.4. The lowest BCUT2D eigenvalue weighted by molar-refractivity contribution is -0.134. The zero-order valence-corrected chi connectivity index (χ0v) is 19.7. The molecule has 1 aromatic heterocycles. The van der Waals surface area contributed by atoms with E-state index in [-0.39, 0.29) is 17.7 Å². The van der Waals surface area contributed by atoms with Gasteiger partial charge in [0, 0.05) is 42.5 Å². The molecule has 0 radical (unpaired) electrons. The molecule has 2 heterocycles. The fourth-order valence-corrected chi connectivity index (χ4v) is 5.29. The van der Waals surface area contributed by atoms with Crippen LogP contribution in [0.5, 0.6) is 0 Å². The number of halogens is 1. The van der Waals surface area contributed by atoms with Gasteiger partial charge in [-0.3, -0.25) is 9.59 Å². The van der Waals surface area contributed by atoms with Gasteiger partial charge in [-0.2, -0.15) is 0 Å². The molecule has 0 spiro atoms. The second kappa shape index (κ2) is 8.55. The average Bonchev–Trinajstić information content (AvgIpc) is 3.65. The SMILES string of the molecule is O=C(c1c2c(nc3ccccc13)/C(=C/c1ccc(Cl)cc1)CC2)N1CCN(C(=O)C2CC2)CC1. The van der Waals surface area contributed by atoms with Gasteiger partial charge in [0.15, 0.2) is 0 Å². The summed E-state index contributed by atoms with van der Waals surface area (Å²) in [6.07, 6.45) is 5.83. The van der Waals surface area contributed by atoms with Crippen LogP contribution in [0.2, 0.25) is 5.02 Å².